The van der Waals surface area contributed by atoms with Crippen LogP contribution in [0.2, 0.25) is 0 Å². The number of nitrogens with zero attached hydrogens (tertiary/aromatic N) is 6. The number of tetrazole rings is 1. The van der Waals surface area contributed by atoms with Crippen LogP contribution in [0.4, 0.5) is 0 Å². The first-order valence-electron chi connectivity index (χ1n) is 8.97. The summed E-state index contributed by atoms with van der Waals surface area (Å²) in [6, 6.07) is 8.16. The molecule has 1 amide bonds. The van der Waals surface area contributed by atoms with Crippen LogP contribution in [-0.2, 0) is 11.2 Å². The van der Waals surface area contributed by atoms with Crippen LogP contribution in [0, 0.1) is 0 Å². The van der Waals surface area contributed by atoms with Gasteiger partial charge in [0.05, 0.1) is 12.1 Å². The number of amides is 1. The van der Waals surface area contributed by atoms with Gasteiger partial charge in [0, 0.05) is 26.2 Å². The van der Waals surface area contributed by atoms with E-state index in [-0.39, 0.29) is 5.91 Å². The van der Waals surface area contributed by atoms with E-state index in [1.54, 1.807) is 11.0 Å². The van der Waals surface area contributed by atoms with E-state index in [4.69, 9.17) is 0 Å². The maximum atomic E-state index is 12.6. The molecular weight excluding hydrogens is 316 g/mol. The fraction of sp³-hybridized carbons (Fsp3) is 0.556. The molecule has 134 valence electrons. The molecule has 1 aromatic heterocycles. The largest absolute Gasteiger partial charge is 0.342 e. The lowest BCUT2D eigenvalue weighted by Gasteiger charge is -2.36. The van der Waals surface area contributed by atoms with Crippen molar-refractivity contribution in [2.75, 3.05) is 26.7 Å². The third-order valence-corrected chi connectivity index (χ3v) is 4.94. The molecule has 1 fully saturated rings. The summed E-state index contributed by atoms with van der Waals surface area (Å²) in [5.41, 5.74) is 1.90. The number of piperidine rings is 1. The molecule has 2 heterocycles. The Morgan fingerprint density at radius 3 is 2.56 bits per heavy atom. The van der Waals surface area contributed by atoms with Gasteiger partial charge in [0.25, 0.3) is 0 Å². The molecule has 0 aliphatic carbocycles. The second kappa shape index (κ2) is 8.20. The second-order valence-corrected chi connectivity index (χ2v) is 6.68. The molecule has 1 aliphatic rings. The predicted octanol–water partition coefficient (Wildman–Crippen LogP) is 1.54. The summed E-state index contributed by atoms with van der Waals surface area (Å²) in [6.45, 7) is 5.57. The van der Waals surface area contributed by atoms with E-state index < -0.39 is 0 Å². The average Bonchev–Trinajstić information content (AvgIpc) is 3.17. The number of carbonyl (C=O) groups is 1. The van der Waals surface area contributed by atoms with E-state index in [1.807, 2.05) is 36.2 Å². The summed E-state index contributed by atoms with van der Waals surface area (Å²) in [6.07, 6.45) is 5.32. The lowest BCUT2D eigenvalue weighted by atomic mass is 10.0. The van der Waals surface area contributed by atoms with Crippen LogP contribution in [0.15, 0.2) is 30.6 Å². The molecule has 1 saturated heterocycles. The van der Waals surface area contributed by atoms with Gasteiger partial charge in [-0.05, 0) is 53.9 Å². The molecule has 25 heavy (non-hydrogen) atoms. The topological polar surface area (TPSA) is 67.2 Å². The maximum absolute atomic E-state index is 12.6. The number of hydrogen-bond acceptors (Lipinski definition) is 5. The molecule has 0 N–H and O–H groups in total. The highest BCUT2D eigenvalue weighted by molar-refractivity contribution is 5.78. The molecular formula is C18H26N6O. The predicted molar refractivity (Wildman–Crippen MR) is 95.4 cm³/mol. The zero-order chi connectivity index (χ0) is 17.6. The van der Waals surface area contributed by atoms with Crippen LogP contribution in [0.25, 0.3) is 5.69 Å². The van der Waals surface area contributed by atoms with Gasteiger partial charge >= 0.3 is 0 Å². The molecule has 2 aromatic rings. The number of aromatic nitrogens is 4. The van der Waals surface area contributed by atoms with Gasteiger partial charge in [0.15, 0.2) is 0 Å². The summed E-state index contributed by atoms with van der Waals surface area (Å²) < 4.78 is 1.60. The van der Waals surface area contributed by atoms with E-state index in [9.17, 15) is 4.79 Å². The van der Waals surface area contributed by atoms with Gasteiger partial charge in [-0.3, -0.25) is 4.79 Å². The van der Waals surface area contributed by atoms with Crippen molar-refractivity contribution in [1.82, 2.24) is 30.0 Å². The molecule has 1 aromatic carbocycles. The van der Waals surface area contributed by atoms with Crippen molar-refractivity contribution in [3.63, 3.8) is 0 Å². The first-order chi connectivity index (χ1) is 12.2. The van der Waals surface area contributed by atoms with E-state index >= 15 is 0 Å². The van der Waals surface area contributed by atoms with Crippen molar-refractivity contribution < 1.29 is 4.79 Å². The molecule has 0 atom stereocenters. The minimum absolute atomic E-state index is 0.184. The maximum Gasteiger partial charge on any atom is 0.226 e. The number of likely N-dealkylation sites (tertiary alicyclic amines) is 1. The van der Waals surface area contributed by atoms with Crippen molar-refractivity contribution in [2.24, 2.45) is 0 Å². The Hall–Kier alpha value is -2.28. The Morgan fingerprint density at radius 1 is 1.24 bits per heavy atom. The quantitative estimate of drug-likeness (QED) is 0.796. The highest BCUT2D eigenvalue weighted by Gasteiger charge is 2.24. The van der Waals surface area contributed by atoms with E-state index in [0.717, 1.165) is 43.7 Å². The summed E-state index contributed by atoms with van der Waals surface area (Å²) in [4.78, 5) is 17.0. The first-order valence-corrected chi connectivity index (χ1v) is 8.97. The third-order valence-electron chi connectivity index (χ3n) is 4.94. The number of benzene rings is 1. The van der Waals surface area contributed by atoms with Crippen LogP contribution in [-0.4, -0.2) is 68.6 Å². The summed E-state index contributed by atoms with van der Waals surface area (Å²) in [7, 11) is 1.94. The smallest absolute Gasteiger partial charge is 0.226 e. The Labute approximate surface area is 148 Å². The molecule has 0 unspecified atom stereocenters. The van der Waals surface area contributed by atoms with Crippen LogP contribution < -0.4 is 0 Å². The van der Waals surface area contributed by atoms with Gasteiger partial charge in [0.1, 0.15) is 6.33 Å². The molecule has 0 bridgehead atoms. The van der Waals surface area contributed by atoms with E-state index in [2.05, 4.69) is 27.3 Å². The van der Waals surface area contributed by atoms with Gasteiger partial charge in [-0.15, -0.1) is 5.10 Å². The fourth-order valence-corrected chi connectivity index (χ4v) is 3.40. The van der Waals surface area contributed by atoms with E-state index in [0.29, 0.717) is 12.5 Å². The van der Waals surface area contributed by atoms with Gasteiger partial charge in [-0.2, -0.15) is 0 Å². The number of rotatable bonds is 6. The Bertz CT molecular complexity index is 661. The van der Waals surface area contributed by atoms with Crippen LogP contribution >= 0.6 is 0 Å². The van der Waals surface area contributed by atoms with Crippen molar-refractivity contribution in [1.29, 1.82) is 0 Å². The molecule has 7 heteroatoms. The van der Waals surface area contributed by atoms with Gasteiger partial charge < -0.3 is 9.80 Å². The SMILES string of the molecule is CCCN1CCC(N(C)C(=O)Cc2ccc(-n3cnnn3)cc2)CC1. The first kappa shape index (κ1) is 17.5. The number of carbonyl (C=O) groups excluding carboxylic acids is 1. The lowest BCUT2D eigenvalue weighted by Crippen LogP contribution is -2.46. The second-order valence-electron chi connectivity index (χ2n) is 6.68. The van der Waals surface area contributed by atoms with Crippen molar-refractivity contribution in [3.8, 4) is 5.69 Å². The number of hydrogen-bond donors (Lipinski definition) is 0. The van der Waals surface area contributed by atoms with E-state index in [1.165, 1.54) is 6.42 Å². The Balaban J connectivity index is 1.53. The monoisotopic (exact) mass is 342 g/mol. The van der Waals surface area contributed by atoms with Gasteiger partial charge in [-0.1, -0.05) is 19.1 Å². The normalized spacial score (nSPS) is 16.1. The zero-order valence-electron chi connectivity index (χ0n) is 15.0. The zero-order valence-corrected chi connectivity index (χ0v) is 15.0. The molecule has 1 aliphatic heterocycles. The highest BCUT2D eigenvalue weighted by atomic mass is 16.2. The van der Waals surface area contributed by atoms with Crippen LogP contribution in [0.5, 0.6) is 0 Å². The summed E-state index contributed by atoms with van der Waals surface area (Å²) in [5, 5.41) is 11.1. The minimum Gasteiger partial charge on any atom is -0.342 e. The molecule has 0 spiro atoms. The standard InChI is InChI=1S/C18H26N6O/c1-3-10-23-11-8-16(9-12-23)22(2)18(25)13-15-4-6-17(7-5-15)24-14-19-20-21-24/h4-7,14,16H,3,8-13H2,1-2H3. The molecule has 0 radical (unpaired) electrons. The minimum atomic E-state index is 0.184. The van der Waals surface area contributed by atoms with Crippen molar-refractivity contribution >= 4 is 5.91 Å². The summed E-state index contributed by atoms with van der Waals surface area (Å²) in [5.74, 6) is 0.184. The van der Waals surface area contributed by atoms with Gasteiger partial charge in [0.2, 0.25) is 5.91 Å². The third kappa shape index (κ3) is 4.42. The van der Waals surface area contributed by atoms with Crippen LogP contribution in [0.1, 0.15) is 31.7 Å². The molecule has 3 rings (SSSR count). The Kier molecular flexibility index (Phi) is 5.75. The van der Waals surface area contributed by atoms with Crippen molar-refractivity contribution in [3.05, 3.63) is 36.2 Å². The summed E-state index contributed by atoms with van der Waals surface area (Å²) >= 11 is 0. The average molecular weight is 342 g/mol. The van der Waals surface area contributed by atoms with Gasteiger partial charge in [-0.25, -0.2) is 4.68 Å². The lowest BCUT2D eigenvalue weighted by molar-refractivity contribution is -0.132. The fourth-order valence-electron chi connectivity index (χ4n) is 3.40. The molecule has 0 saturated carbocycles. The van der Waals surface area contributed by atoms with Crippen LogP contribution in [0.3, 0.4) is 0 Å². The Morgan fingerprint density at radius 2 is 1.96 bits per heavy atom. The molecule has 7 nitrogen and oxygen atoms in total. The van der Waals surface area contributed by atoms with Crippen molar-refractivity contribution in [2.45, 2.75) is 38.6 Å². The number of likely N-dealkylation sites (N-methyl/N-ethyl adjacent to an activating group) is 1. The highest BCUT2D eigenvalue weighted by Crippen LogP contribution is 2.17.